The third kappa shape index (κ3) is 15.9. The van der Waals surface area contributed by atoms with Crippen LogP contribution in [0.15, 0.2) is 76.9 Å². The molecule has 0 radical (unpaired) electrons. The minimum absolute atomic E-state index is 0.251. The van der Waals surface area contributed by atoms with Crippen molar-refractivity contribution in [3.05, 3.63) is 118 Å². The van der Waals surface area contributed by atoms with Crippen molar-refractivity contribution >= 4 is 6.29 Å². The quantitative estimate of drug-likeness (QED) is 0.0752. The summed E-state index contributed by atoms with van der Waals surface area (Å²) in [6, 6.07) is 16.3. The molecule has 5 aromatic rings. The third-order valence-corrected chi connectivity index (χ3v) is 9.05. The Hall–Kier alpha value is -3.93. The maximum Gasteiger partial charge on any atom is 0.119 e. The molecular formula is C45H66O6. The number of aldehydes is 1. The summed E-state index contributed by atoms with van der Waals surface area (Å²) in [7, 11) is 0. The van der Waals surface area contributed by atoms with Gasteiger partial charge in [-0.25, -0.2) is 0 Å². The van der Waals surface area contributed by atoms with E-state index >= 15 is 0 Å². The first-order valence-corrected chi connectivity index (χ1v) is 19.2. The van der Waals surface area contributed by atoms with Gasteiger partial charge in [-0.15, -0.1) is 0 Å². The topological polar surface area (TPSA) is 82.8 Å². The zero-order valence-electron chi connectivity index (χ0n) is 33.4. The SMILES string of the molecule is CCCCCC(c1cc(C)c(C)o1)c1cc(C)c(C)o1.CCCCCC(c1ccc(C)o1)c1ccc(C)o1.CCCCCC=O.Cc1ccco1. The van der Waals surface area contributed by atoms with Crippen molar-refractivity contribution in [2.24, 2.45) is 0 Å². The van der Waals surface area contributed by atoms with Gasteiger partial charge in [-0.2, -0.15) is 0 Å². The Kier molecular flexibility index (Phi) is 20.6. The molecule has 0 aliphatic rings. The number of aryl methyl sites for hydroxylation is 7. The molecule has 0 fully saturated rings. The van der Waals surface area contributed by atoms with Crippen molar-refractivity contribution in [3.8, 4) is 0 Å². The normalized spacial score (nSPS) is 10.7. The van der Waals surface area contributed by atoms with Crippen molar-refractivity contribution in [3.63, 3.8) is 0 Å². The lowest BCUT2D eigenvalue weighted by Gasteiger charge is -2.11. The van der Waals surface area contributed by atoms with E-state index < -0.39 is 0 Å². The Balaban J connectivity index is 0.000000264. The average Bonchev–Trinajstić information content (AvgIpc) is 3.96. The van der Waals surface area contributed by atoms with Gasteiger partial charge in [0.25, 0.3) is 0 Å². The first-order chi connectivity index (χ1) is 24.5. The Bertz CT molecular complexity index is 1470. The monoisotopic (exact) mass is 702 g/mol. The van der Waals surface area contributed by atoms with Crippen molar-refractivity contribution in [2.75, 3.05) is 0 Å². The van der Waals surface area contributed by atoms with Gasteiger partial charge in [0.1, 0.15) is 58.1 Å². The van der Waals surface area contributed by atoms with E-state index in [2.05, 4.69) is 58.9 Å². The molecule has 0 atom stereocenters. The highest BCUT2D eigenvalue weighted by Gasteiger charge is 2.23. The molecule has 0 saturated carbocycles. The summed E-state index contributed by atoms with van der Waals surface area (Å²) in [6.07, 6.45) is 16.4. The van der Waals surface area contributed by atoms with E-state index in [1.54, 1.807) is 6.26 Å². The van der Waals surface area contributed by atoms with E-state index in [0.717, 1.165) is 83.8 Å². The van der Waals surface area contributed by atoms with Crippen LogP contribution in [0, 0.1) is 48.5 Å². The van der Waals surface area contributed by atoms with Gasteiger partial charge in [0.2, 0.25) is 0 Å². The van der Waals surface area contributed by atoms with Crippen LogP contribution >= 0.6 is 0 Å². The van der Waals surface area contributed by atoms with Crippen LogP contribution in [0.3, 0.4) is 0 Å². The molecule has 5 aromatic heterocycles. The maximum absolute atomic E-state index is 9.68. The summed E-state index contributed by atoms with van der Waals surface area (Å²) in [5.41, 5.74) is 2.45. The van der Waals surface area contributed by atoms with Gasteiger partial charge in [0.15, 0.2) is 0 Å². The highest BCUT2D eigenvalue weighted by atomic mass is 16.4. The first kappa shape index (κ1) is 43.2. The Morgan fingerprint density at radius 2 is 0.980 bits per heavy atom. The predicted octanol–water partition coefficient (Wildman–Crippen LogP) is 14.4. The molecule has 282 valence electrons. The fraction of sp³-hybridized carbons (Fsp3) is 0.533. The fourth-order valence-corrected chi connectivity index (χ4v) is 5.71. The second-order valence-electron chi connectivity index (χ2n) is 13.7. The van der Waals surface area contributed by atoms with Crippen LogP contribution in [0.4, 0.5) is 0 Å². The van der Waals surface area contributed by atoms with Gasteiger partial charge in [-0.1, -0.05) is 72.1 Å². The maximum atomic E-state index is 9.68. The summed E-state index contributed by atoms with van der Waals surface area (Å²) in [4.78, 5) is 9.68. The summed E-state index contributed by atoms with van der Waals surface area (Å²) in [6.45, 7) is 20.7. The van der Waals surface area contributed by atoms with E-state index in [4.69, 9.17) is 22.1 Å². The number of carbonyl (C=O) groups excluding carboxylic acids is 1. The second kappa shape index (κ2) is 24.3. The largest absolute Gasteiger partial charge is 0.470 e. The Morgan fingerprint density at radius 1 is 0.529 bits per heavy atom. The molecule has 0 aliphatic heterocycles. The smallest absolute Gasteiger partial charge is 0.119 e. The molecule has 5 heterocycles. The third-order valence-electron chi connectivity index (χ3n) is 9.05. The minimum Gasteiger partial charge on any atom is -0.470 e. The van der Waals surface area contributed by atoms with Gasteiger partial charge in [0, 0.05) is 6.42 Å². The molecule has 0 aliphatic carbocycles. The van der Waals surface area contributed by atoms with E-state index in [-0.39, 0.29) is 11.8 Å². The number of carbonyl (C=O) groups is 1. The molecule has 51 heavy (non-hydrogen) atoms. The number of unbranched alkanes of at least 4 members (excludes halogenated alkanes) is 7. The summed E-state index contributed by atoms with van der Waals surface area (Å²) in [5, 5.41) is 0. The molecular weight excluding hydrogens is 636 g/mol. The molecule has 0 aromatic carbocycles. The minimum atomic E-state index is 0.251. The molecule has 0 amide bonds. The molecule has 0 unspecified atom stereocenters. The van der Waals surface area contributed by atoms with E-state index in [0.29, 0.717) is 0 Å². The van der Waals surface area contributed by atoms with Crippen molar-refractivity contribution in [2.45, 2.75) is 158 Å². The zero-order valence-corrected chi connectivity index (χ0v) is 33.4. The number of rotatable bonds is 16. The fourth-order valence-electron chi connectivity index (χ4n) is 5.71. The van der Waals surface area contributed by atoms with Crippen molar-refractivity contribution < 1.29 is 26.9 Å². The predicted molar refractivity (Wildman–Crippen MR) is 209 cm³/mol. The van der Waals surface area contributed by atoms with E-state index in [1.165, 1.54) is 62.5 Å². The van der Waals surface area contributed by atoms with Gasteiger partial charge >= 0.3 is 0 Å². The highest BCUT2D eigenvalue weighted by Crippen LogP contribution is 2.35. The first-order valence-electron chi connectivity index (χ1n) is 19.2. The number of hydrogen-bond donors (Lipinski definition) is 0. The van der Waals surface area contributed by atoms with Gasteiger partial charge in [-0.05, 0) is 127 Å². The molecule has 0 bridgehead atoms. The number of hydrogen-bond acceptors (Lipinski definition) is 6. The van der Waals surface area contributed by atoms with Crippen LogP contribution in [-0.4, -0.2) is 6.29 Å². The van der Waals surface area contributed by atoms with Gasteiger partial charge < -0.3 is 26.9 Å². The van der Waals surface area contributed by atoms with E-state index in [1.807, 2.05) is 58.9 Å². The lowest BCUT2D eigenvalue weighted by atomic mass is 9.95. The van der Waals surface area contributed by atoms with Crippen LogP contribution in [0.2, 0.25) is 0 Å². The van der Waals surface area contributed by atoms with Crippen molar-refractivity contribution in [1.82, 2.24) is 0 Å². The summed E-state index contributed by atoms with van der Waals surface area (Å²) in [5.74, 6) is 9.59. The van der Waals surface area contributed by atoms with Crippen LogP contribution < -0.4 is 0 Å². The highest BCUT2D eigenvalue weighted by molar-refractivity contribution is 5.48. The molecule has 0 saturated heterocycles. The lowest BCUT2D eigenvalue weighted by Crippen LogP contribution is -1.99. The van der Waals surface area contributed by atoms with E-state index in [9.17, 15) is 4.79 Å². The summed E-state index contributed by atoms with van der Waals surface area (Å²) < 4.78 is 28.3. The second-order valence-corrected chi connectivity index (χ2v) is 13.7. The Morgan fingerprint density at radius 3 is 1.27 bits per heavy atom. The molecule has 6 heteroatoms. The zero-order chi connectivity index (χ0) is 37.6. The van der Waals surface area contributed by atoms with Gasteiger partial charge in [-0.3, -0.25) is 0 Å². The number of furan rings is 5. The molecule has 6 nitrogen and oxygen atoms in total. The van der Waals surface area contributed by atoms with Crippen LogP contribution in [0.25, 0.3) is 0 Å². The standard InChI is InChI=1S/C18H26O2.C16H22O2.C6H12O.C5H6O/c1-6-7-8-9-16(17-10-12(2)14(4)19-17)18-11-13(3)15(5)20-18;1-4-5-6-7-14(15-10-8-12(2)17-15)16-11-9-13(3)18-16;1-2-3-4-5-6-7;1-5-3-2-4-6-5/h10-11,16H,6-9H2,1-5H3;8-11,14H,4-7H2,1-3H3;6H,2-5H2,1H3;2-4H,1H3. The molecule has 0 spiro atoms. The van der Waals surface area contributed by atoms with Crippen molar-refractivity contribution in [1.29, 1.82) is 0 Å². The van der Waals surface area contributed by atoms with Gasteiger partial charge in [0.05, 0.1) is 18.1 Å². The van der Waals surface area contributed by atoms with Crippen LogP contribution in [0.1, 0.15) is 173 Å². The molecule has 5 rings (SSSR count). The van der Waals surface area contributed by atoms with Crippen LogP contribution in [-0.2, 0) is 4.79 Å². The van der Waals surface area contributed by atoms with Crippen LogP contribution in [0.5, 0.6) is 0 Å². The lowest BCUT2D eigenvalue weighted by molar-refractivity contribution is -0.107. The average molecular weight is 703 g/mol. The molecule has 0 N–H and O–H groups in total. The summed E-state index contributed by atoms with van der Waals surface area (Å²) >= 11 is 0. The Labute approximate surface area is 308 Å².